The zero-order valence-corrected chi connectivity index (χ0v) is 11.4. The maximum atomic E-state index is 6.22. The van der Waals surface area contributed by atoms with Gasteiger partial charge in [0.05, 0.1) is 6.10 Å². The van der Waals surface area contributed by atoms with Crippen molar-refractivity contribution in [3.05, 3.63) is 0 Å². The lowest BCUT2D eigenvalue weighted by molar-refractivity contribution is -0.110. The molecule has 1 nitrogen and oxygen atoms in total. The highest BCUT2D eigenvalue weighted by Crippen LogP contribution is 2.51. The summed E-state index contributed by atoms with van der Waals surface area (Å²) in [5.41, 5.74) is 0. The summed E-state index contributed by atoms with van der Waals surface area (Å²) >= 11 is 0. The first-order valence-corrected chi connectivity index (χ1v) is 8.01. The summed E-state index contributed by atoms with van der Waals surface area (Å²) < 4.78 is 6.22. The Bertz CT molecular complexity index is 228. The van der Waals surface area contributed by atoms with Gasteiger partial charge in [-0.05, 0) is 49.9 Å². The van der Waals surface area contributed by atoms with Crippen molar-refractivity contribution in [3.63, 3.8) is 0 Å². The van der Waals surface area contributed by atoms with E-state index in [1.807, 2.05) is 0 Å². The van der Waals surface area contributed by atoms with Crippen molar-refractivity contribution < 1.29 is 4.74 Å². The minimum absolute atomic E-state index is 0.629. The van der Waals surface area contributed by atoms with E-state index in [2.05, 4.69) is 6.92 Å². The van der Waals surface area contributed by atoms with Crippen LogP contribution in [0.4, 0.5) is 0 Å². The minimum atomic E-state index is 0.629. The highest BCUT2D eigenvalue weighted by molar-refractivity contribution is 4.95. The Morgan fingerprint density at radius 3 is 1.88 bits per heavy atom. The van der Waals surface area contributed by atoms with Crippen LogP contribution in [0.2, 0.25) is 0 Å². The van der Waals surface area contributed by atoms with Gasteiger partial charge in [-0.1, -0.05) is 38.5 Å². The number of ether oxygens (including phenoxy) is 1. The Labute approximate surface area is 106 Å². The van der Waals surface area contributed by atoms with Gasteiger partial charge in [0.2, 0.25) is 0 Å². The molecule has 0 aromatic rings. The molecule has 0 saturated heterocycles. The van der Waals surface area contributed by atoms with Crippen molar-refractivity contribution in [3.8, 4) is 0 Å². The molecule has 0 aromatic carbocycles. The van der Waals surface area contributed by atoms with Crippen LogP contribution in [0.5, 0.6) is 0 Å². The molecule has 0 bridgehead atoms. The predicted octanol–water partition coefficient (Wildman–Crippen LogP) is 4.41. The third kappa shape index (κ3) is 2.28. The number of rotatable bonds is 2. The van der Waals surface area contributed by atoms with Gasteiger partial charge in [-0.25, -0.2) is 0 Å². The molecule has 17 heavy (non-hydrogen) atoms. The van der Waals surface area contributed by atoms with Crippen molar-refractivity contribution >= 4 is 0 Å². The summed E-state index contributed by atoms with van der Waals surface area (Å²) in [6.07, 6.45) is 14.0. The van der Waals surface area contributed by atoms with Gasteiger partial charge in [0.25, 0.3) is 0 Å². The molecule has 3 aliphatic rings. The zero-order chi connectivity index (χ0) is 11.7. The van der Waals surface area contributed by atoms with Gasteiger partial charge in [-0.2, -0.15) is 0 Å². The molecular weight excluding hydrogens is 208 g/mol. The van der Waals surface area contributed by atoms with Crippen LogP contribution in [0, 0.1) is 23.7 Å². The maximum Gasteiger partial charge on any atom is 0.0636 e. The van der Waals surface area contributed by atoms with Crippen LogP contribution >= 0.6 is 0 Å². The first kappa shape index (κ1) is 12.0. The van der Waals surface area contributed by atoms with Gasteiger partial charge >= 0.3 is 0 Å². The number of hydrogen-bond donors (Lipinski definition) is 0. The monoisotopic (exact) mass is 236 g/mol. The van der Waals surface area contributed by atoms with Crippen LogP contribution in [0.25, 0.3) is 0 Å². The average molecular weight is 236 g/mol. The second kappa shape index (κ2) is 5.30. The van der Waals surface area contributed by atoms with Crippen LogP contribution in [0.1, 0.15) is 64.7 Å². The van der Waals surface area contributed by atoms with Crippen LogP contribution in [-0.2, 0) is 4.74 Å². The summed E-state index contributed by atoms with van der Waals surface area (Å²) in [4.78, 5) is 0. The highest BCUT2D eigenvalue weighted by atomic mass is 16.5. The van der Waals surface area contributed by atoms with Crippen LogP contribution in [0.15, 0.2) is 0 Å². The summed E-state index contributed by atoms with van der Waals surface area (Å²) in [7, 11) is 0. The third-order valence-corrected chi connectivity index (χ3v) is 5.74. The zero-order valence-electron chi connectivity index (χ0n) is 11.4. The molecule has 3 rings (SSSR count). The fourth-order valence-electron chi connectivity index (χ4n) is 5.07. The Hall–Kier alpha value is -0.0400. The minimum Gasteiger partial charge on any atom is -0.378 e. The lowest BCUT2D eigenvalue weighted by Crippen LogP contribution is -2.47. The summed E-state index contributed by atoms with van der Waals surface area (Å²) in [6.45, 7) is 3.11. The van der Waals surface area contributed by atoms with E-state index in [1.165, 1.54) is 51.4 Å². The molecule has 3 saturated carbocycles. The largest absolute Gasteiger partial charge is 0.378 e. The van der Waals surface area contributed by atoms with E-state index in [0.29, 0.717) is 6.10 Å². The lowest BCUT2D eigenvalue weighted by atomic mass is 9.58. The molecule has 4 atom stereocenters. The Morgan fingerprint density at radius 1 is 0.824 bits per heavy atom. The SMILES string of the molecule is CCOC1C2CCCCC2CC2CCCCC21. The van der Waals surface area contributed by atoms with E-state index in [9.17, 15) is 0 Å². The van der Waals surface area contributed by atoms with E-state index < -0.39 is 0 Å². The highest BCUT2D eigenvalue weighted by Gasteiger charge is 2.46. The molecule has 0 N–H and O–H groups in total. The van der Waals surface area contributed by atoms with E-state index in [1.54, 1.807) is 6.42 Å². The van der Waals surface area contributed by atoms with Crippen molar-refractivity contribution in [1.82, 2.24) is 0 Å². The Kier molecular flexibility index (Phi) is 3.75. The second-order valence-electron chi connectivity index (χ2n) is 6.57. The molecule has 0 amide bonds. The molecule has 3 fully saturated rings. The van der Waals surface area contributed by atoms with Gasteiger partial charge in [0, 0.05) is 6.61 Å². The summed E-state index contributed by atoms with van der Waals surface area (Å²) in [6, 6.07) is 0. The molecule has 0 radical (unpaired) electrons. The maximum absolute atomic E-state index is 6.22. The van der Waals surface area contributed by atoms with Gasteiger partial charge in [-0.15, -0.1) is 0 Å². The molecule has 98 valence electrons. The quantitative estimate of drug-likeness (QED) is 0.690. The Morgan fingerprint density at radius 2 is 1.35 bits per heavy atom. The standard InChI is InChI=1S/C16H28O/c1-2-17-16-14-9-5-3-7-12(14)11-13-8-4-6-10-15(13)16/h12-16H,2-11H2,1H3. The van der Waals surface area contributed by atoms with Gasteiger partial charge in [0.1, 0.15) is 0 Å². The third-order valence-electron chi connectivity index (χ3n) is 5.74. The van der Waals surface area contributed by atoms with Gasteiger partial charge < -0.3 is 4.74 Å². The van der Waals surface area contributed by atoms with Crippen molar-refractivity contribution in [1.29, 1.82) is 0 Å². The first-order valence-electron chi connectivity index (χ1n) is 8.01. The number of hydrogen-bond acceptors (Lipinski definition) is 1. The van der Waals surface area contributed by atoms with E-state index in [4.69, 9.17) is 4.74 Å². The number of fused-ring (bicyclic) bond motifs is 2. The molecule has 4 unspecified atom stereocenters. The molecule has 1 heteroatoms. The fraction of sp³-hybridized carbons (Fsp3) is 1.00. The summed E-state index contributed by atoms with van der Waals surface area (Å²) in [5.74, 6) is 3.87. The summed E-state index contributed by atoms with van der Waals surface area (Å²) in [5, 5.41) is 0. The molecule has 0 aliphatic heterocycles. The first-order chi connectivity index (χ1) is 8.40. The van der Waals surface area contributed by atoms with E-state index in [0.717, 1.165) is 30.3 Å². The Balaban J connectivity index is 1.77. The van der Waals surface area contributed by atoms with E-state index >= 15 is 0 Å². The van der Waals surface area contributed by atoms with Gasteiger partial charge in [0.15, 0.2) is 0 Å². The molecule has 0 heterocycles. The second-order valence-corrected chi connectivity index (χ2v) is 6.57. The van der Waals surface area contributed by atoms with Gasteiger partial charge in [-0.3, -0.25) is 0 Å². The molecule has 0 spiro atoms. The lowest BCUT2D eigenvalue weighted by Gasteiger charge is -2.51. The van der Waals surface area contributed by atoms with Crippen molar-refractivity contribution in [2.45, 2.75) is 70.8 Å². The van der Waals surface area contributed by atoms with E-state index in [-0.39, 0.29) is 0 Å². The normalized spacial score (nSPS) is 46.1. The van der Waals surface area contributed by atoms with Crippen LogP contribution in [0.3, 0.4) is 0 Å². The topological polar surface area (TPSA) is 9.23 Å². The van der Waals surface area contributed by atoms with Crippen LogP contribution in [-0.4, -0.2) is 12.7 Å². The molecule has 0 aromatic heterocycles. The van der Waals surface area contributed by atoms with Crippen LogP contribution < -0.4 is 0 Å². The molecule has 3 aliphatic carbocycles. The predicted molar refractivity (Wildman–Crippen MR) is 70.9 cm³/mol. The smallest absolute Gasteiger partial charge is 0.0636 e. The average Bonchev–Trinajstić information content (AvgIpc) is 2.39. The molecular formula is C16H28O. The fourth-order valence-corrected chi connectivity index (χ4v) is 5.07. The van der Waals surface area contributed by atoms with Crippen molar-refractivity contribution in [2.24, 2.45) is 23.7 Å². The van der Waals surface area contributed by atoms with Crippen molar-refractivity contribution in [2.75, 3.05) is 6.61 Å².